The second kappa shape index (κ2) is 5.60. The van der Waals surface area contributed by atoms with Gasteiger partial charge in [0.1, 0.15) is 0 Å². The number of carbonyl (C=O) groups excluding carboxylic acids is 2. The number of amides is 2. The van der Waals surface area contributed by atoms with Gasteiger partial charge in [0, 0.05) is 0 Å². The number of hydrogen-bond acceptors (Lipinski definition) is 4. The Balaban J connectivity index is 3.07. The summed E-state index contributed by atoms with van der Waals surface area (Å²) < 4.78 is 0. The van der Waals surface area contributed by atoms with E-state index in [0.29, 0.717) is 6.42 Å². The highest BCUT2D eigenvalue weighted by Gasteiger charge is 2.48. The van der Waals surface area contributed by atoms with E-state index < -0.39 is 23.7 Å². The maximum Gasteiger partial charge on any atom is 0.247 e. The Bertz CT molecular complexity index is 310. The predicted molar refractivity (Wildman–Crippen MR) is 58.8 cm³/mol. The van der Waals surface area contributed by atoms with E-state index >= 15 is 0 Å². The molecule has 1 aliphatic rings. The zero-order chi connectivity index (χ0) is 13.0. The Labute approximate surface area is 98.9 Å². The molecule has 0 saturated heterocycles. The van der Waals surface area contributed by atoms with Gasteiger partial charge in [-0.3, -0.25) is 20.0 Å². The molecular weight excluding hydrogens is 224 g/mol. The minimum atomic E-state index is -0.757. The predicted octanol–water partition coefficient (Wildman–Crippen LogP) is 0.238. The fourth-order valence-electron chi connectivity index (χ4n) is 2.49. The van der Waals surface area contributed by atoms with Crippen LogP contribution in [-0.2, 0) is 9.59 Å². The van der Waals surface area contributed by atoms with Gasteiger partial charge in [-0.1, -0.05) is 12.2 Å². The van der Waals surface area contributed by atoms with E-state index in [4.69, 9.17) is 10.4 Å². The maximum absolute atomic E-state index is 11.6. The lowest BCUT2D eigenvalue weighted by Gasteiger charge is -2.21. The number of hydroxylamine groups is 2. The van der Waals surface area contributed by atoms with E-state index in [1.54, 1.807) is 23.1 Å². The van der Waals surface area contributed by atoms with Crippen LogP contribution in [0.3, 0.4) is 0 Å². The van der Waals surface area contributed by atoms with Gasteiger partial charge in [0.05, 0.1) is 11.8 Å². The van der Waals surface area contributed by atoms with E-state index in [-0.39, 0.29) is 11.8 Å². The minimum absolute atomic E-state index is 0.243. The van der Waals surface area contributed by atoms with Crippen molar-refractivity contribution in [2.45, 2.75) is 6.42 Å². The van der Waals surface area contributed by atoms with Gasteiger partial charge in [0.15, 0.2) is 0 Å². The Morgan fingerprint density at radius 1 is 1.00 bits per heavy atom. The summed E-state index contributed by atoms with van der Waals surface area (Å²) in [6.07, 6.45) is 3.67. The normalized spacial score (nSPS) is 31.6. The molecule has 4 atom stereocenters. The second-order valence-electron chi connectivity index (χ2n) is 4.04. The molecule has 2 amide bonds. The van der Waals surface area contributed by atoms with Crippen LogP contribution in [0.25, 0.3) is 0 Å². The van der Waals surface area contributed by atoms with E-state index in [0.717, 1.165) is 0 Å². The van der Waals surface area contributed by atoms with Gasteiger partial charge in [0.25, 0.3) is 0 Å². The van der Waals surface area contributed by atoms with Crippen LogP contribution in [0.15, 0.2) is 25.3 Å². The molecule has 0 aliphatic heterocycles. The largest absolute Gasteiger partial charge is 0.289 e. The van der Waals surface area contributed by atoms with Gasteiger partial charge in [-0.25, -0.2) is 11.0 Å². The van der Waals surface area contributed by atoms with Gasteiger partial charge in [0.2, 0.25) is 11.8 Å². The smallest absolute Gasteiger partial charge is 0.247 e. The van der Waals surface area contributed by atoms with Crippen LogP contribution in [0, 0.1) is 23.7 Å². The Hall–Kier alpha value is -1.66. The lowest BCUT2D eigenvalue weighted by Crippen LogP contribution is -2.41. The van der Waals surface area contributed by atoms with Crippen molar-refractivity contribution in [3.05, 3.63) is 25.3 Å². The zero-order valence-corrected chi connectivity index (χ0v) is 9.30. The van der Waals surface area contributed by atoms with Crippen molar-refractivity contribution in [3.8, 4) is 0 Å². The van der Waals surface area contributed by atoms with Crippen LogP contribution in [-0.4, -0.2) is 22.2 Å². The average molecular weight is 240 g/mol. The Morgan fingerprint density at radius 3 is 1.59 bits per heavy atom. The molecule has 1 aliphatic carbocycles. The fourth-order valence-corrected chi connectivity index (χ4v) is 2.49. The standard InChI is InChI=1S/C11H16N2O4/c1-3-6-5-7(4-2)9(11(15)13-17)8(6)10(14)12-16/h3-4,6-9,16-17H,1-2,5H2,(H,12,14)(H,13,15)/t6-,7?,8?,9+/m1/s1. The molecule has 1 fully saturated rings. The highest BCUT2D eigenvalue weighted by Crippen LogP contribution is 2.43. The van der Waals surface area contributed by atoms with E-state index in [1.807, 2.05) is 0 Å². The number of allylic oxidation sites excluding steroid dienone is 2. The summed E-state index contributed by atoms with van der Waals surface area (Å²) in [6, 6.07) is 0. The maximum atomic E-state index is 11.6. The number of rotatable bonds is 4. The van der Waals surface area contributed by atoms with Crippen molar-refractivity contribution >= 4 is 11.8 Å². The molecule has 1 saturated carbocycles. The number of nitrogens with one attached hydrogen (secondary N) is 2. The van der Waals surface area contributed by atoms with Gasteiger partial charge >= 0.3 is 0 Å². The lowest BCUT2D eigenvalue weighted by molar-refractivity contribution is -0.144. The van der Waals surface area contributed by atoms with Crippen LogP contribution < -0.4 is 11.0 Å². The van der Waals surface area contributed by atoms with Gasteiger partial charge in [-0.2, -0.15) is 0 Å². The molecule has 2 unspecified atom stereocenters. The molecule has 4 N–H and O–H groups in total. The quantitative estimate of drug-likeness (QED) is 0.321. The number of hydrogen-bond donors (Lipinski definition) is 4. The SMILES string of the molecule is C=CC1C[C@@H](C=C)C(C(=O)NO)[C@H]1C(=O)NO. The molecule has 0 radical (unpaired) electrons. The molecule has 0 heterocycles. The Kier molecular flexibility index (Phi) is 4.42. The molecular formula is C11H16N2O4. The molecule has 0 spiro atoms. The summed E-state index contributed by atoms with van der Waals surface area (Å²) in [7, 11) is 0. The Morgan fingerprint density at radius 2 is 1.35 bits per heavy atom. The molecule has 94 valence electrons. The average Bonchev–Trinajstić information content (AvgIpc) is 2.75. The molecule has 1 rings (SSSR count). The van der Waals surface area contributed by atoms with Crippen molar-refractivity contribution in [1.82, 2.24) is 11.0 Å². The fraction of sp³-hybridized carbons (Fsp3) is 0.455. The molecule has 17 heavy (non-hydrogen) atoms. The summed E-state index contributed by atoms with van der Waals surface area (Å²) in [6.45, 7) is 7.22. The van der Waals surface area contributed by atoms with Crippen LogP contribution >= 0.6 is 0 Å². The summed E-state index contributed by atoms with van der Waals surface area (Å²) >= 11 is 0. The summed E-state index contributed by atoms with van der Waals surface area (Å²) in [5, 5.41) is 17.4. The third kappa shape index (κ3) is 2.37. The third-order valence-electron chi connectivity index (χ3n) is 3.29. The van der Waals surface area contributed by atoms with E-state index in [9.17, 15) is 9.59 Å². The van der Waals surface area contributed by atoms with Gasteiger partial charge in [-0.05, 0) is 18.3 Å². The lowest BCUT2D eigenvalue weighted by atomic mass is 9.85. The second-order valence-corrected chi connectivity index (χ2v) is 4.04. The molecule has 0 aromatic heterocycles. The van der Waals surface area contributed by atoms with Crippen molar-refractivity contribution in [1.29, 1.82) is 0 Å². The van der Waals surface area contributed by atoms with Crippen LogP contribution in [0.4, 0.5) is 0 Å². The number of carbonyl (C=O) groups is 2. The first-order valence-corrected chi connectivity index (χ1v) is 5.23. The van der Waals surface area contributed by atoms with Crippen molar-refractivity contribution in [2.24, 2.45) is 23.7 Å². The third-order valence-corrected chi connectivity index (χ3v) is 3.29. The minimum Gasteiger partial charge on any atom is -0.289 e. The summed E-state index contributed by atoms with van der Waals surface area (Å²) in [5.41, 5.74) is 3.08. The molecule has 0 aromatic rings. The van der Waals surface area contributed by atoms with Crippen LogP contribution in [0.2, 0.25) is 0 Å². The summed E-state index contributed by atoms with van der Waals surface area (Å²) in [5.74, 6) is -3.32. The van der Waals surface area contributed by atoms with Crippen LogP contribution in [0.5, 0.6) is 0 Å². The monoisotopic (exact) mass is 240 g/mol. The first-order valence-electron chi connectivity index (χ1n) is 5.23. The molecule has 6 nitrogen and oxygen atoms in total. The first kappa shape index (κ1) is 13.4. The van der Waals surface area contributed by atoms with E-state index in [2.05, 4.69) is 13.2 Å². The van der Waals surface area contributed by atoms with Crippen molar-refractivity contribution in [2.75, 3.05) is 0 Å². The molecule has 6 heteroatoms. The van der Waals surface area contributed by atoms with Gasteiger partial charge < -0.3 is 0 Å². The molecule has 0 bridgehead atoms. The van der Waals surface area contributed by atoms with Crippen LogP contribution in [0.1, 0.15) is 6.42 Å². The van der Waals surface area contributed by atoms with Crippen molar-refractivity contribution < 1.29 is 20.0 Å². The highest BCUT2D eigenvalue weighted by atomic mass is 16.5. The zero-order valence-electron chi connectivity index (χ0n) is 9.30. The van der Waals surface area contributed by atoms with Gasteiger partial charge in [-0.15, -0.1) is 13.2 Å². The topological polar surface area (TPSA) is 98.7 Å². The summed E-state index contributed by atoms with van der Waals surface area (Å²) in [4.78, 5) is 23.1. The highest BCUT2D eigenvalue weighted by molar-refractivity contribution is 5.88. The molecule has 0 aromatic carbocycles. The first-order chi connectivity index (χ1) is 8.10. The van der Waals surface area contributed by atoms with Crippen molar-refractivity contribution in [3.63, 3.8) is 0 Å². The van der Waals surface area contributed by atoms with E-state index in [1.165, 1.54) is 0 Å².